The molecule has 0 aliphatic heterocycles. The van der Waals surface area contributed by atoms with Crippen LogP contribution in [-0.4, -0.2) is 11.4 Å². The fourth-order valence-electron chi connectivity index (χ4n) is 1.76. The molecule has 0 spiro atoms. The number of hydrogen-bond donors (Lipinski definition) is 1. The first-order valence-corrected chi connectivity index (χ1v) is 5.07. The van der Waals surface area contributed by atoms with Gasteiger partial charge >= 0.3 is 0 Å². The van der Waals surface area contributed by atoms with Gasteiger partial charge in [-0.25, -0.2) is 0 Å². The lowest BCUT2D eigenvalue weighted by Crippen LogP contribution is -1.92. The molecule has 0 bridgehead atoms. The number of carbonyl (C=O) groups is 1. The molecule has 1 aliphatic rings. The first kappa shape index (κ1) is 9.25. The highest BCUT2D eigenvalue weighted by Crippen LogP contribution is 2.42. The zero-order valence-corrected chi connectivity index (χ0v) is 8.29. The lowest BCUT2D eigenvalue weighted by molar-refractivity contribution is 0.112. The summed E-state index contributed by atoms with van der Waals surface area (Å²) in [4.78, 5) is 10.7. The van der Waals surface area contributed by atoms with E-state index >= 15 is 0 Å². The van der Waals surface area contributed by atoms with E-state index in [1.807, 2.05) is 19.1 Å². The molecular formula is C12H14O2. The van der Waals surface area contributed by atoms with Gasteiger partial charge in [0.15, 0.2) is 6.29 Å². The van der Waals surface area contributed by atoms with Crippen molar-refractivity contribution >= 4 is 6.29 Å². The van der Waals surface area contributed by atoms with Crippen molar-refractivity contribution in [2.75, 3.05) is 0 Å². The summed E-state index contributed by atoms with van der Waals surface area (Å²) in [6, 6.07) is 3.85. The molecule has 0 amide bonds. The van der Waals surface area contributed by atoms with Crippen LogP contribution >= 0.6 is 0 Å². The van der Waals surface area contributed by atoms with Gasteiger partial charge in [-0.2, -0.15) is 0 Å². The van der Waals surface area contributed by atoms with E-state index in [-0.39, 0.29) is 5.75 Å². The third kappa shape index (κ3) is 1.52. The minimum Gasteiger partial charge on any atom is -0.507 e. The summed E-state index contributed by atoms with van der Waals surface area (Å²) in [5.41, 5.74) is 2.53. The van der Waals surface area contributed by atoms with Crippen LogP contribution in [0.1, 0.15) is 47.2 Å². The Labute approximate surface area is 83.6 Å². The molecule has 2 rings (SSSR count). The Morgan fingerprint density at radius 3 is 2.71 bits per heavy atom. The monoisotopic (exact) mass is 190 g/mol. The van der Waals surface area contributed by atoms with Crippen LogP contribution < -0.4 is 0 Å². The number of carbonyl (C=O) groups excluding carboxylic acids is 1. The quantitative estimate of drug-likeness (QED) is 0.744. The Kier molecular flexibility index (Phi) is 2.28. The zero-order chi connectivity index (χ0) is 10.1. The molecule has 1 aliphatic carbocycles. The number of aldehydes is 1. The maximum Gasteiger partial charge on any atom is 0.153 e. The second kappa shape index (κ2) is 3.45. The van der Waals surface area contributed by atoms with Gasteiger partial charge < -0.3 is 5.11 Å². The molecular weight excluding hydrogens is 176 g/mol. The number of aryl methyl sites for hydroxylation is 1. The number of hydrogen-bond acceptors (Lipinski definition) is 2. The number of benzene rings is 1. The Hall–Kier alpha value is -1.31. The number of phenols is 1. The van der Waals surface area contributed by atoms with Gasteiger partial charge in [-0.15, -0.1) is 0 Å². The van der Waals surface area contributed by atoms with E-state index in [4.69, 9.17) is 0 Å². The Morgan fingerprint density at radius 2 is 2.21 bits per heavy atom. The van der Waals surface area contributed by atoms with Crippen molar-refractivity contribution in [1.29, 1.82) is 0 Å². The summed E-state index contributed by atoms with van der Waals surface area (Å²) in [5.74, 6) is 0.784. The zero-order valence-electron chi connectivity index (χ0n) is 8.29. The largest absolute Gasteiger partial charge is 0.507 e. The smallest absolute Gasteiger partial charge is 0.153 e. The van der Waals surface area contributed by atoms with Crippen LogP contribution in [0.3, 0.4) is 0 Å². The third-order valence-electron chi connectivity index (χ3n) is 2.80. The topological polar surface area (TPSA) is 37.3 Å². The lowest BCUT2D eigenvalue weighted by Gasteiger charge is -2.07. The second-order valence-electron chi connectivity index (χ2n) is 3.86. The maximum absolute atomic E-state index is 10.7. The van der Waals surface area contributed by atoms with Gasteiger partial charge in [0.05, 0.1) is 5.56 Å². The van der Waals surface area contributed by atoms with Gasteiger partial charge in [-0.3, -0.25) is 4.79 Å². The fraction of sp³-hybridized carbons (Fsp3) is 0.417. The summed E-state index contributed by atoms with van der Waals surface area (Å²) >= 11 is 0. The maximum atomic E-state index is 10.7. The average Bonchev–Trinajstić information content (AvgIpc) is 3.02. The molecule has 74 valence electrons. The Bertz CT molecular complexity index is 365. The van der Waals surface area contributed by atoms with E-state index in [2.05, 4.69) is 0 Å². The van der Waals surface area contributed by atoms with E-state index in [0.717, 1.165) is 18.3 Å². The second-order valence-corrected chi connectivity index (χ2v) is 3.86. The molecule has 1 aromatic carbocycles. The van der Waals surface area contributed by atoms with E-state index in [0.29, 0.717) is 11.5 Å². The van der Waals surface area contributed by atoms with Gasteiger partial charge in [-0.05, 0) is 42.4 Å². The van der Waals surface area contributed by atoms with Crippen LogP contribution in [0.25, 0.3) is 0 Å². The number of rotatable bonds is 3. The molecule has 2 nitrogen and oxygen atoms in total. The summed E-state index contributed by atoms with van der Waals surface area (Å²) in [7, 11) is 0. The van der Waals surface area contributed by atoms with Crippen LogP contribution in [0.15, 0.2) is 12.1 Å². The summed E-state index contributed by atoms with van der Waals surface area (Å²) < 4.78 is 0. The van der Waals surface area contributed by atoms with Gasteiger partial charge in [0.2, 0.25) is 0 Å². The molecule has 1 saturated carbocycles. The van der Waals surface area contributed by atoms with Crippen molar-refractivity contribution in [3.8, 4) is 5.75 Å². The fourth-order valence-corrected chi connectivity index (χ4v) is 1.76. The van der Waals surface area contributed by atoms with Gasteiger partial charge in [0, 0.05) is 0 Å². The molecule has 14 heavy (non-hydrogen) atoms. The first-order chi connectivity index (χ1) is 6.76. The molecule has 1 N–H and O–H groups in total. The van der Waals surface area contributed by atoms with Gasteiger partial charge in [0.25, 0.3) is 0 Å². The van der Waals surface area contributed by atoms with Crippen LogP contribution in [0.4, 0.5) is 0 Å². The highest BCUT2D eigenvalue weighted by molar-refractivity contribution is 5.80. The third-order valence-corrected chi connectivity index (χ3v) is 2.80. The first-order valence-electron chi connectivity index (χ1n) is 5.07. The summed E-state index contributed by atoms with van der Waals surface area (Å²) in [5, 5.41) is 9.68. The van der Waals surface area contributed by atoms with Crippen molar-refractivity contribution in [2.24, 2.45) is 0 Å². The number of aromatic hydroxyl groups is 1. The molecule has 1 aromatic rings. The molecule has 2 heteroatoms. The predicted molar refractivity (Wildman–Crippen MR) is 54.8 cm³/mol. The van der Waals surface area contributed by atoms with Crippen LogP contribution in [0.5, 0.6) is 5.75 Å². The normalized spacial score (nSPS) is 15.5. The van der Waals surface area contributed by atoms with Crippen molar-refractivity contribution in [3.63, 3.8) is 0 Å². The number of phenolic OH excluding ortho intramolecular Hbond substituents is 1. The van der Waals surface area contributed by atoms with E-state index in [9.17, 15) is 9.90 Å². The molecule has 0 atom stereocenters. The van der Waals surface area contributed by atoms with Gasteiger partial charge in [-0.1, -0.05) is 13.0 Å². The van der Waals surface area contributed by atoms with E-state index < -0.39 is 0 Å². The van der Waals surface area contributed by atoms with E-state index in [1.165, 1.54) is 18.4 Å². The Morgan fingerprint density at radius 1 is 1.50 bits per heavy atom. The summed E-state index contributed by atoms with van der Waals surface area (Å²) in [6.45, 7) is 1.99. The highest BCUT2D eigenvalue weighted by Gasteiger charge is 2.25. The summed E-state index contributed by atoms with van der Waals surface area (Å²) in [6.07, 6.45) is 3.94. The van der Waals surface area contributed by atoms with Gasteiger partial charge in [0.1, 0.15) is 5.75 Å². The lowest BCUT2D eigenvalue weighted by atomic mass is 10.0. The predicted octanol–water partition coefficient (Wildman–Crippen LogP) is 2.64. The molecule has 0 unspecified atom stereocenters. The standard InChI is InChI=1S/C12H14O2/c1-2-8-5-10(9-3-4-9)6-11(7-13)12(8)14/h5-7,9,14H,2-4H2,1H3. The van der Waals surface area contributed by atoms with Crippen LogP contribution in [-0.2, 0) is 6.42 Å². The van der Waals surface area contributed by atoms with Crippen molar-refractivity contribution < 1.29 is 9.90 Å². The molecule has 0 heterocycles. The minimum atomic E-state index is 0.159. The molecule has 0 radical (unpaired) electrons. The van der Waals surface area contributed by atoms with Crippen molar-refractivity contribution in [3.05, 3.63) is 28.8 Å². The van der Waals surface area contributed by atoms with E-state index in [1.54, 1.807) is 0 Å². The van der Waals surface area contributed by atoms with Crippen molar-refractivity contribution in [2.45, 2.75) is 32.1 Å². The van der Waals surface area contributed by atoms with Crippen molar-refractivity contribution in [1.82, 2.24) is 0 Å². The molecule has 1 fully saturated rings. The SMILES string of the molecule is CCc1cc(C2CC2)cc(C=O)c1O. The Balaban J connectivity index is 2.48. The molecule has 0 saturated heterocycles. The average molecular weight is 190 g/mol. The highest BCUT2D eigenvalue weighted by atomic mass is 16.3. The minimum absolute atomic E-state index is 0.159. The molecule has 0 aromatic heterocycles. The van der Waals surface area contributed by atoms with Crippen LogP contribution in [0.2, 0.25) is 0 Å². The van der Waals surface area contributed by atoms with Crippen LogP contribution in [0, 0.1) is 0 Å².